The summed E-state index contributed by atoms with van der Waals surface area (Å²) in [6, 6.07) is 2.84. The second-order valence-electron chi connectivity index (χ2n) is 2.61. The Hall–Kier alpha value is -2.24. The zero-order valence-corrected chi connectivity index (χ0v) is 9.27. The van der Waals surface area contributed by atoms with Gasteiger partial charge in [-0.2, -0.15) is 4.21 Å². The molecule has 98 valence electrons. The van der Waals surface area contributed by atoms with Crippen molar-refractivity contribution in [2.24, 2.45) is 0 Å². The molecule has 0 aliphatic heterocycles. The fourth-order valence-electron chi connectivity index (χ4n) is 0.903. The molecule has 10 nitrogen and oxygen atoms in total. The van der Waals surface area contributed by atoms with Crippen LogP contribution in [-0.4, -0.2) is 29.4 Å². The Bertz CT molecular complexity index is 498. The van der Waals surface area contributed by atoms with Gasteiger partial charge in [0.1, 0.15) is 0 Å². The van der Waals surface area contributed by atoms with Crippen LogP contribution in [0.25, 0.3) is 0 Å². The Labute approximate surface area is 102 Å². The van der Waals surface area contributed by atoms with Crippen LogP contribution >= 0.6 is 0 Å². The Kier molecular flexibility index (Phi) is 6.27. The number of hydrogen-bond donors (Lipinski definition) is 2. The van der Waals surface area contributed by atoms with Gasteiger partial charge in [-0.1, -0.05) is 0 Å². The summed E-state index contributed by atoms with van der Waals surface area (Å²) in [4.78, 5) is 29.4. The van der Waals surface area contributed by atoms with Crippen molar-refractivity contribution in [3.05, 3.63) is 44.0 Å². The number of benzene rings is 1. The number of aldehydes is 1. The molecule has 0 heterocycles. The summed E-state index contributed by atoms with van der Waals surface area (Å²) < 4.78 is 22.8. The van der Waals surface area contributed by atoms with Crippen molar-refractivity contribution < 1.29 is 28.0 Å². The van der Waals surface area contributed by atoms with Crippen molar-refractivity contribution in [2.45, 2.75) is 0 Å². The molecule has 0 saturated carbocycles. The number of nitro groups is 2. The molecular weight excluding hydrogens is 272 g/mol. The maximum Gasteiger partial charge on any atom is 0.299 e. The molecule has 18 heavy (non-hydrogen) atoms. The quantitative estimate of drug-likeness (QED) is 0.358. The third-order valence-corrected chi connectivity index (χ3v) is 1.55. The first kappa shape index (κ1) is 15.8. The van der Waals surface area contributed by atoms with Crippen LogP contribution in [0.3, 0.4) is 0 Å². The van der Waals surface area contributed by atoms with Crippen molar-refractivity contribution in [3.63, 3.8) is 0 Å². The van der Waals surface area contributed by atoms with Crippen LogP contribution in [0.1, 0.15) is 10.4 Å². The molecule has 1 aromatic rings. The largest absolute Gasteiger partial charge is 0.299 e. The van der Waals surface area contributed by atoms with Crippen LogP contribution in [0.4, 0.5) is 11.4 Å². The van der Waals surface area contributed by atoms with E-state index in [1.807, 2.05) is 0 Å². The SMILES string of the molecule is O=Cc1ccc([N+](=O)[O-])cc1[N+](=O)[O-].O=S(O)O. The zero-order chi connectivity index (χ0) is 14.3. The first-order valence-electron chi connectivity index (χ1n) is 3.97. The van der Waals surface area contributed by atoms with Crippen LogP contribution < -0.4 is 0 Å². The second-order valence-corrected chi connectivity index (χ2v) is 3.07. The third-order valence-electron chi connectivity index (χ3n) is 1.55. The van der Waals surface area contributed by atoms with Crippen molar-refractivity contribution in [1.82, 2.24) is 0 Å². The molecule has 0 radical (unpaired) electrons. The number of nitro benzene ring substituents is 2. The van der Waals surface area contributed by atoms with Crippen LogP contribution in [-0.2, 0) is 11.4 Å². The van der Waals surface area contributed by atoms with E-state index in [0.717, 1.165) is 18.2 Å². The van der Waals surface area contributed by atoms with Crippen LogP contribution in [0.15, 0.2) is 18.2 Å². The summed E-state index contributed by atoms with van der Waals surface area (Å²) in [6.45, 7) is 0. The van der Waals surface area contributed by atoms with E-state index in [-0.39, 0.29) is 11.8 Å². The van der Waals surface area contributed by atoms with Gasteiger partial charge in [0.2, 0.25) is 0 Å². The summed E-state index contributed by atoms with van der Waals surface area (Å²) in [7, 11) is 0. The summed E-state index contributed by atoms with van der Waals surface area (Å²) >= 11 is -2.61. The molecule has 0 atom stereocenters. The van der Waals surface area contributed by atoms with Crippen LogP contribution in [0.2, 0.25) is 0 Å². The van der Waals surface area contributed by atoms with Gasteiger partial charge in [-0.25, -0.2) is 0 Å². The summed E-state index contributed by atoms with van der Waals surface area (Å²) in [6.07, 6.45) is 0.280. The lowest BCUT2D eigenvalue weighted by molar-refractivity contribution is -0.394. The summed E-state index contributed by atoms with van der Waals surface area (Å²) in [5, 5.41) is 20.6. The van der Waals surface area contributed by atoms with E-state index >= 15 is 0 Å². The number of non-ortho nitro benzene ring substituents is 1. The highest BCUT2D eigenvalue weighted by Gasteiger charge is 2.18. The molecule has 2 N–H and O–H groups in total. The lowest BCUT2D eigenvalue weighted by Crippen LogP contribution is -1.96. The number of rotatable bonds is 3. The van der Waals surface area contributed by atoms with Crippen molar-refractivity contribution >= 4 is 29.0 Å². The highest BCUT2D eigenvalue weighted by atomic mass is 32.2. The fourth-order valence-corrected chi connectivity index (χ4v) is 0.903. The topological polar surface area (TPSA) is 161 Å². The Morgan fingerprint density at radius 1 is 1.17 bits per heavy atom. The van der Waals surface area contributed by atoms with E-state index in [2.05, 4.69) is 0 Å². The molecule has 0 amide bonds. The Morgan fingerprint density at radius 3 is 2.00 bits per heavy atom. The van der Waals surface area contributed by atoms with Crippen LogP contribution in [0, 0.1) is 20.2 Å². The number of hydrogen-bond acceptors (Lipinski definition) is 6. The normalized spacial score (nSPS) is 9.28. The van der Waals surface area contributed by atoms with Gasteiger partial charge in [-0.15, -0.1) is 0 Å². The maximum atomic E-state index is 10.4. The lowest BCUT2D eigenvalue weighted by Gasteiger charge is -1.94. The van der Waals surface area contributed by atoms with Gasteiger partial charge >= 0.3 is 0 Å². The zero-order valence-electron chi connectivity index (χ0n) is 8.46. The smallest absolute Gasteiger partial charge is 0.298 e. The summed E-state index contributed by atoms with van der Waals surface area (Å²) in [5.74, 6) is 0. The van der Waals surface area contributed by atoms with Gasteiger partial charge < -0.3 is 0 Å². The molecule has 0 aliphatic carbocycles. The lowest BCUT2D eigenvalue weighted by atomic mass is 10.2. The number of nitrogens with zero attached hydrogens (tertiary/aromatic N) is 2. The van der Waals surface area contributed by atoms with E-state index in [1.54, 1.807) is 0 Å². The Balaban J connectivity index is 0.000000631. The molecule has 0 fully saturated rings. The molecule has 0 aromatic heterocycles. The van der Waals surface area contributed by atoms with E-state index in [9.17, 15) is 25.0 Å². The van der Waals surface area contributed by atoms with Gasteiger partial charge in [-0.3, -0.25) is 34.1 Å². The molecule has 11 heteroatoms. The standard InChI is InChI=1S/C7H4N2O5.H2O3S/c10-4-5-1-2-6(8(11)12)3-7(5)9(13)14;1-4(2)3/h1-4H;(H2,1,2,3). The predicted octanol–water partition coefficient (Wildman–Crippen LogP) is 0.997. The molecule has 0 bridgehead atoms. The predicted molar refractivity (Wildman–Crippen MR) is 58.5 cm³/mol. The van der Waals surface area contributed by atoms with Gasteiger partial charge in [-0.05, 0) is 6.07 Å². The van der Waals surface area contributed by atoms with Crippen molar-refractivity contribution in [1.29, 1.82) is 0 Å². The Morgan fingerprint density at radius 2 is 1.67 bits per heavy atom. The molecule has 0 spiro atoms. The minimum Gasteiger partial charge on any atom is -0.298 e. The van der Waals surface area contributed by atoms with E-state index in [1.165, 1.54) is 0 Å². The highest BCUT2D eigenvalue weighted by molar-refractivity contribution is 7.73. The van der Waals surface area contributed by atoms with Gasteiger partial charge in [0.25, 0.3) is 22.7 Å². The molecule has 1 rings (SSSR count). The molecule has 0 unspecified atom stereocenters. The minimum absolute atomic E-state index is 0.180. The van der Waals surface area contributed by atoms with Gasteiger partial charge in [0.05, 0.1) is 21.5 Å². The van der Waals surface area contributed by atoms with Crippen molar-refractivity contribution in [2.75, 3.05) is 0 Å². The molecule has 1 aromatic carbocycles. The molecular formula is C7H6N2O8S. The first-order chi connectivity index (χ1) is 8.29. The highest BCUT2D eigenvalue weighted by Crippen LogP contribution is 2.22. The first-order valence-corrected chi connectivity index (χ1v) is 5.04. The van der Waals surface area contributed by atoms with Crippen molar-refractivity contribution in [3.8, 4) is 0 Å². The number of carbonyl (C=O) groups is 1. The van der Waals surface area contributed by atoms with Gasteiger partial charge in [0, 0.05) is 6.07 Å². The fraction of sp³-hybridized carbons (Fsp3) is 0. The minimum atomic E-state index is -2.61. The van der Waals surface area contributed by atoms with E-state index in [0.29, 0.717) is 0 Å². The van der Waals surface area contributed by atoms with E-state index < -0.39 is 32.6 Å². The monoisotopic (exact) mass is 278 g/mol. The second kappa shape index (κ2) is 7.16. The molecule has 0 aliphatic rings. The number of carbonyl (C=O) groups excluding carboxylic acids is 1. The van der Waals surface area contributed by atoms with Crippen LogP contribution in [0.5, 0.6) is 0 Å². The third kappa shape index (κ3) is 5.20. The molecule has 0 saturated heterocycles. The summed E-state index contributed by atoms with van der Waals surface area (Å²) in [5.41, 5.74) is -1.16. The average molecular weight is 278 g/mol. The van der Waals surface area contributed by atoms with E-state index in [4.69, 9.17) is 13.3 Å². The van der Waals surface area contributed by atoms with Gasteiger partial charge in [0.15, 0.2) is 6.29 Å². The average Bonchev–Trinajstić information content (AvgIpc) is 2.27. The maximum absolute atomic E-state index is 10.4.